The Kier molecular flexibility index (Phi) is 5.19. The van der Waals surface area contributed by atoms with Gasteiger partial charge in [-0.1, -0.05) is 34.1 Å². The number of ether oxygens (including phenoxy) is 1. The van der Waals surface area contributed by atoms with Crippen LogP contribution in [0.5, 0.6) is 0 Å². The number of amides is 1. The molecule has 0 saturated heterocycles. The number of hydrogen-bond donors (Lipinski definition) is 2. The van der Waals surface area contributed by atoms with Gasteiger partial charge < -0.3 is 15.0 Å². The molecule has 25 heavy (non-hydrogen) atoms. The number of carbonyl (C=O) groups is 2. The Morgan fingerprint density at radius 3 is 2.60 bits per heavy atom. The van der Waals surface area contributed by atoms with Crippen molar-refractivity contribution in [2.24, 2.45) is 0 Å². The first-order valence-electron chi connectivity index (χ1n) is 7.77. The fraction of sp³-hybridized carbons (Fsp3) is 0.158. The fourth-order valence-corrected chi connectivity index (χ4v) is 2.96. The average molecular weight is 401 g/mol. The van der Waals surface area contributed by atoms with E-state index in [1.807, 2.05) is 30.5 Å². The standard InChI is InChI=1S/C19H17BrN2O3/c1-25-19(24)17(22-18(23)12-6-8-14(20)9-7-12)10-13-11-21-16-5-3-2-4-15(13)16/h2-9,11,17,21H,10H2,1H3,(H,22,23). The number of esters is 1. The zero-order valence-corrected chi connectivity index (χ0v) is 15.2. The van der Waals surface area contributed by atoms with E-state index in [0.29, 0.717) is 12.0 Å². The van der Waals surface area contributed by atoms with Gasteiger partial charge in [0.15, 0.2) is 0 Å². The lowest BCUT2D eigenvalue weighted by Crippen LogP contribution is -2.43. The summed E-state index contributed by atoms with van der Waals surface area (Å²) in [7, 11) is 1.32. The maximum atomic E-state index is 12.4. The molecule has 5 nitrogen and oxygen atoms in total. The molecule has 6 heteroatoms. The minimum atomic E-state index is -0.764. The van der Waals surface area contributed by atoms with Crippen LogP contribution in [0.1, 0.15) is 15.9 Å². The van der Waals surface area contributed by atoms with E-state index in [4.69, 9.17) is 4.74 Å². The van der Waals surface area contributed by atoms with E-state index in [1.54, 1.807) is 24.3 Å². The smallest absolute Gasteiger partial charge is 0.328 e. The molecular weight excluding hydrogens is 384 g/mol. The second kappa shape index (κ2) is 7.53. The summed E-state index contributed by atoms with van der Waals surface area (Å²) >= 11 is 3.33. The zero-order chi connectivity index (χ0) is 17.8. The van der Waals surface area contributed by atoms with Crippen molar-refractivity contribution in [1.82, 2.24) is 10.3 Å². The minimum absolute atomic E-state index is 0.317. The maximum Gasteiger partial charge on any atom is 0.328 e. The van der Waals surface area contributed by atoms with Gasteiger partial charge in [-0.2, -0.15) is 0 Å². The van der Waals surface area contributed by atoms with Crippen LogP contribution in [0.15, 0.2) is 59.2 Å². The number of para-hydroxylation sites is 1. The lowest BCUT2D eigenvalue weighted by molar-refractivity contribution is -0.142. The van der Waals surface area contributed by atoms with Crippen LogP contribution in [0, 0.1) is 0 Å². The number of nitrogens with one attached hydrogen (secondary N) is 2. The Labute approximate surface area is 153 Å². The maximum absolute atomic E-state index is 12.4. The number of methoxy groups -OCH3 is 1. The van der Waals surface area contributed by atoms with E-state index in [0.717, 1.165) is 20.9 Å². The van der Waals surface area contributed by atoms with Crippen LogP contribution in [0.4, 0.5) is 0 Å². The zero-order valence-electron chi connectivity index (χ0n) is 13.6. The summed E-state index contributed by atoms with van der Waals surface area (Å²) < 4.78 is 5.74. The highest BCUT2D eigenvalue weighted by molar-refractivity contribution is 9.10. The summed E-state index contributed by atoms with van der Waals surface area (Å²) in [5.74, 6) is -0.793. The van der Waals surface area contributed by atoms with E-state index < -0.39 is 12.0 Å². The highest BCUT2D eigenvalue weighted by Gasteiger charge is 2.23. The Bertz CT molecular complexity index is 902. The van der Waals surface area contributed by atoms with Gasteiger partial charge in [0.05, 0.1) is 7.11 Å². The Morgan fingerprint density at radius 1 is 1.16 bits per heavy atom. The van der Waals surface area contributed by atoms with Crippen molar-refractivity contribution in [1.29, 1.82) is 0 Å². The van der Waals surface area contributed by atoms with Crippen LogP contribution in [-0.4, -0.2) is 30.0 Å². The summed E-state index contributed by atoms with van der Waals surface area (Å²) in [5.41, 5.74) is 2.42. The molecule has 2 aromatic carbocycles. The van der Waals surface area contributed by atoms with E-state index in [9.17, 15) is 9.59 Å². The van der Waals surface area contributed by atoms with Gasteiger partial charge in [0.1, 0.15) is 6.04 Å². The van der Waals surface area contributed by atoms with Gasteiger partial charge >= 0.3 is 5.97 Å². The van der Waals surface area contributed by atoms with E-state index in [1.165, 1.54) is 7.11 Å². The summed E-state index contributed by atoms with van der Waals surface area (Å²) in [4.78, 5) is 27.7. The van der Waals surface area contributed by atoms with Crippen LogP contribution in [0.25, 0.3) is 10.9 Å². The number of aromatic nitrogens is 1. The quantitative estimate of drug-likeness (QED) is 0.644. The number of halogens is 1. The SMILES string of the molecule is COC(=O)C(Cc1c[nH]c2ccccc12)NC(=O)c1ccc(Br)cc1. The third kappa shape index (κ3) is 3.91. The molecule has 0 aliphatic carbocycles. The second-order valence-electron chi connectivity index (χ2n) is 5.62. The molecule has 1 unspecified atom stereocenters. The number of benzene rings is 2. The first kappa shape index (κ1) is 17.2. The number of H-pyrrole nitrogens is 1. The normalized spacial score (nSPS) is 11.9. The molecular formula is C19H17BrN2O3. The van der Waals surface area contributed by atoms with Gasteiger partial charge in [-0.3, -0.25) is 4.79 Å². The average Bonchev–Trinajstić information content (AvgIpc) is 3.04. The highest BCUT2D eigenvalue weighted by Crippen LogP contribution is 2.19. The van der Waals surface area contributed by atoms with Gasteiger partial charge in [0, 0.05) is 33.6 Å². The predicted molar refractivity (Wildman–Crippen MR) is 99.4 cm³/mol. The van der Waals surface area contributed by atoms with Gasteiger partial charge in [-0.15, -0.1) is 0 Å². The van der Waals surface area contributed by atoms with Gasteiger partial charge in [-0.25, -0.2) is 4.79 Å². The molecule has 0 spiro atoms. The molecule has 3 aromatic rings. The van der Waals surface area contributed by atoms with Gasteiger partial charge in [0.25, 0.3) is 5.91 Å². The van der Waals surface area contributed by atoms with Crippen LogP contribution < -0.4 is 5.32 Å². The van der Waals surface area contributed by atoms with E-state index >= 15 is 0 Å². The molecule has 0 bridgehead atoms. The molecule has 1 atom stereocenters. The van der Waals surface area contributed by atoms with Crippen molar-refractivity contribution < 1.29 is 14.3 Å². The van der Waals surface area contributed by atoms with E-state index in [-0.39, 0.29) is 5.91 Å². The molecule has 128 valence electrons. The molecule has 2 N–H and O–H groups in total. The molecule has 1 amide bonds. The Morgan fingerprint density at radius 2 is 1.88 bits per heavy atom. The number of carbonyl (C=O) groups excluding carboxylic acids is 2. The van der Waals surface area contributed by atoms with Crippen molar-refractivity contribution >= 4 is 38.7 Å². The molecule has 1 heterocycles. The Hall–Kier alpha value is -2.60. The van der Waals surface area contributed by atoms with Crippen molar-refractivity contribution in [3.8, 4) is 0 Å². The summed E-state index contributed by atoms with van der Waals surface area (Å²) in [6.45, 7) is 0. The number of fused-ring (bicyclic) bond motifs is 1. The minimum Gasteiger partial charge on any atom is -0.467 e. The number of hydrogen-bond acceptors (Lipinski definition) is 3. The first-order chi connectivity index (χ1) is 12.1. The predicted octanol–water partition coefficient (Wildman–Crippen LogP) is 3.44. The summed E-state index contributed by atoms with van der Waals surface area (Å²) in [6.07, 6.45) is 2.20. The van der Waals surface area contributed by atoms with Crippen molar-refractivity contribution in [3.05, 3.63) is 70.3 Å². The monoisotopic (exact) mass is 400 g/mol. The summed E-state index contributed by atoms with van der Waals surface area (Å²) in [5, 5.41) is 3.79. The third-order valence-corrected chi connectivity index (χ3v) is 4.53. The van der Waals surface area contributed by atoms with Gasteiger partial charge in [0.2, 0.25) is 0 Å². The molecule has 0 aliphatic rings. The number of aromatic amines is 1. The number of rotatable bonds is 5. The van der Waals surface area contributed by atoms with Crippen LogP contribution >= 0.6 is 15.9 Å². The molecule has 0 aliphatic heterocycles. The van der Waals surface area contributed by atoms with Gasteiger partial charge in [-0.05, 0) is 35.9 Å². The lowest BCUT2D eigenvalue weighted by atomic mass is 10.0. The van der Waals surface area contributed by atoms with Crippen LogP contribution in [0.3, 0.4) is 0 Å². The van der Waals surface area contributed by atoms with Crippen LogP contribution in [-0.2, 0) is 16.0 Å². The molecule has 1 aromatic heterocycles. The van der Waals surface area contributed by atoms with E-state index in [2.05, 4.69) is 26.2 Å². The lowest BCUT2D eigenvalue weighted by Gasteiger charge is -2.16. The Balaban J connectivity index is 1.81. The second-order valence-corrected chi connectivity index (χ2v) is 6.54. The molecule has 0 fully saturated rings. The third-order valence-electron chi connectivity index (χ3n) is 4.00. The largest absolute Gasteiger partial charge is 0.467 e. The molecule has 0 radical (unpaired) electrons. The highest BCUT2D eigenvalue weighted by atomic mass is 79.9. The van der Waals surface area contributed by atoms with Crippen molar-refractivity contribution in [2.45, 2.75) is 12.5 Å². The fourth-order valence-electron chi connectivity index (χ4n) is 2.70. The summed E-state index contributed by atoms with van der Waals surface area (Å²) in [6, 6.07) is 14.0. The molecule has 0 saturated carbocycles. The van der Waals surface area contributed by atoms with Crippen molar-refractivity contribution in [3.63, 3.8) is 0 Å². The van der Waals surface area contributed by atoms with Crippen LogP contribution in [0.2, 0.25) is 0 Å². The topological polar surface area (TPSA) is 71.2 Å². The molecule has 3 rings (SSSR count). The first-order valence-corrected chi connectivity index (χ1v) is 8.57. The van der Waals surface area contributed by atoms with Crippen molar-refractivity contribution in [2.75, 3.05) is 7.11 Å².